The Hall–Kier alpha value is -1.82. The molecule has 0 spiro atoms. The predicted octanol–water partition coefficient (Wildman–Crippen LogP) is 6.94. The van der Waals surface area contributed by atoms with Crippen molar-refractivity contribution in [1.82, 2.24) is 9.38 Å². The Kier molecular flexibility index (Phi) is 3.78. The second kappa shape index (κ2) is 6.10. The molecule has 6 rings (SSSR count). The molecule has 29 heavy (non-hydrogen) atoms. The van der Waals surface area contributed by atoms with Crippen LogP contribution in [-0.2, 0) is 11.6 Å². The zero-order valence-electron chi connectivity index (χ0n) is 16.1. The smallest absolute Gasteiger partial charge is 0.290 e. The van der Waals surface area contributed by atoms with E-state index in [1.807, 2.05) is 4.40 Å². The maximum absolute atomic E-state index is 13.6. The number of alkyl halides is 3. The van der Waals surface area contributed by atoms with E-state index < -0.39 is 11.7 Å². The van der Waals surface area contributed by atoms with Gasteiger partial charge in [0.1, 0.15) is 0 Å². The normalized spacial score (nSPS) is 31.5. The average molecular weight is 417 g/mol. The monoisotopic (exact) mass is 416 g/mol. The molecule has 3 fully saturated rings. The highest BCUT2D eigenvalue weighted by atomic mass is 32.1. The van der Waals surface area contributed by atoms with Gasteiger partial charge < -0.3 is 0 Å². The largest absolute Gasteiger partial charge is 0.417 e. The summed E-state index contributed by atoms with van der Waals surface area (Å²) in [5.74, 6) is 2.43. The molecule has 3 bridgehead atoms. The number of halogens is 3. The van der Waals surface area contributed by atoms with Crippen LogP contribution in [0.25, 0.3) is 16.2 Å². The van der Waals surface area contributed by atoms with Gasteiger partial charge >= 0.3 is 6.18 Å². The highest BCUT2D eigenvalue weighted by Crippen LogP contribution is 2.60. The van der Waals surface area contributed by atoms with E-state index in [2.05, 4.69) is 6.20 Å². The first kappa shape index (κ1) is 18.0. The number of aromatic nitrogens is 2. The molecule has 2 aromatic heterocycles. The summed E-state index contributed by atoms with van der Waals surface area (Å²) in [5, 5.41) is 1.81. The lowest BCUT2D eigenvalue weighted by atomic mass is 9.68. The van der Waals surface area contributed by atoms with Crippen LogP contribution in [0.2, 0.25) is 0 Å². The van der Waals surface area contributed by atoms with E-state index in [9.17, 15) is 13.2 Å². The summed E-state index contributed by atoms with van der Waals surface area (Å²) in [4.78, 5) is 5.78. The van der Waals surface area contributed by atoms with Crippen molar-refractivity contribution in [3.63, 3.8) is 0 Å². The minimum atomic E-state index is -4.37. The Labute approximate surface area is 171 Å². The molecule has 3 saturated carbocycles. The summed E-state index contributed by atoms with van der Waals surface area (Å²) >= 11 is 1.44. The zero-order chi connectivity index (χ0) is 19.8. The summed E-state index contributed by atoms with van der Waals surface area (Å²) in [5.41, 5.74) is 1.51. The molecule has 2 heterocycles. The van der Waals surface area contributed by atoms with Gasteiger partial charge in [0.2, 0.25) is 0 Å². The van der Waals surface area contributed by atoms with E-state index in [-0.39, 0.29) is 11.0 Å². The van der Waals surface area contributed by atoms with Crippen molar-refractivity contribution >= 4 is 16.3 Å². The Bertz CT molecular complexity index is 1080. The number of fused-ring (bicyclic) bond motifs is 3. The fourth-order valence-electron chi connectivity index (χ4n) is 6.65. The lowest BCUT2D eigenvalue weighted by molar-refractivity contribution is -0.137. The van der Waals surface area contributed by atoms with Gasteiger partial charge in [0, 0.05) is 22.6 Å². The molecule has 0 saturated heterocycles. The van der Waals surface area contributed by atoms with E-state index in [1.54, 1.807) is 17.5 Å². The molecule has 2 nitrogen and oxygen atoms in total. The van der Waals surface area contributed by atoms with Crippen molar-refractivity contribution in [2.24, 2.45) is 17.8 Å². The highest BCUT2D eigenvalue weighted by Gasteiger charge is 2.53. The molecule has 0 radical (unpaired) electrons. The van der Waals surface area contributed by atoms with Gasteiger partial charge in [-0.15, -0.1) is 11.3 Å². The zero-order valence-corrected chi connectivity index (χ0v) is 16.9. The lowest BCUT2D eigenvalue weighted by Crippen LogP contribution is -2.31. The van der Waals surface area contributed by atoms with Crippen molar-refractivity contribution in [2.75, 3.05) is 0 Å². The van der Waals surface area contributed by atoms with Crippen LogP contribution in [0.3, 0.4) is 0 Å². The molecule has 0 N–H and O–H groups in total. The topological polar surface area (TPSA) is 17.3 Å². The fourth-order valence-corrected chi connectivity index (χ4v) is 7.53. The van der Waals surface area contributed by atoms with Gasteiger partial charge in [-0.3, -0.25) is 4.40 Å². The van der Waals surface area contributed by atoms with Crippen molar-refractivity contribution in [3.05, 3.63) is 47.1 Å². The van der Waals surface area contributed by atoms with Crippen LogP contribution >= 0.6 is 11.3 Å². The third-order valence-electron chi connectivity index (χ3n) is 7.74. The number of nitrogens with zero attached hydrogens (tertiary/aromatic N) is 2. The van der Waals surface area contributed by atoms with Crippen molar-refractivity contribution in [1.29, 1.82) is 0 Å². The van der Waals surface area contributed by atoms with E-state index in [0.717, 1.165) is 28.4 Å². The lowest BCUT2D eigenvalue weighted by Gasteiger charge is -2.36. The molecule has 6 heteroatoms. The first-order valence-corrected chi connectivity index (χ1v) is 11.4. The highest BCUT2D eigenvalue weighted by molar-refractivity contribution is 7.15. The van der Waals surface area contributed by atoms with Gasteiger partial charge in [0.25, 0.3) is 0 Å². The molecular formula is C23H23F3N2S. The van der Waals surface area contributed by atoms with Crippen LogP contribution < -0.4 is 0 Å². The van der Waals surface area contributed by atoms with E-state index >= 15 is 0 Å². The first-order chi connectivity index (χ1) is 13.9. The summed E-state index contributed by atoms with van der Waals surface area (Å²) in [7, 11) is 0. The fraction of sp³-hybridized carbons (Fsp3) is 0.522. The van der Waals surface area contributed by atoms with Gasteiger partial charge in [0.15, 0.2) is 4.96 Å². The first-order valence-electron chi connectivity index (χ1n) is 10.6. The third kappa shape index (κ3) is 2.71. The second-order valence-corrected chi connectivity index (χ2v) is 10.2. The van der Waals surface area contributed by atoms with Gasteiger partial charge in [0.05, 0.1) is 17.0 Å². The Balaban J connectivity index is 1.45. The van der Waals surface area contributed by atoms with Crippen LogP contribution in [0, 0.1) is 17.8 Å². The molecule has 4 unspecified atom stereocenters. The summed E-state index contributed by atoms with van der Waals surface area (Å²) in [6.45, 7) is 0. The molecule has 3 aliphatic rings. The average Bonchev–Trinajstić information content (AvgIpc) is 3.30. The number of rotatable bonds is 2. The minimum Gasteiger partial charge on any atom is -0.290 e. The van der Waals surface area contributed by atoms with E-state index in [4.69, 9.17) is 4.98 Å². The molecule has 3 aliphatic carbocycles. The second-order valence-electron chi connectivity index (χ2n) is 9.39. The quantitative estimate of drug-likeness (QED) is 0.442. The van der Waals surface area contributed by atoms with Crippen LogP contribution in [0.4, 0.5) is 13.2 Å². The van der Waals surface area contributed by atoms with Gasteiger partial charge in [-0.25, -0.2) is 4.98 Å². The number of benzene rings is 1. The predicted molar refractivity (Wildman–Crippen MR) is 108 cm³/mol. The molecular weight excluding hydrogens is 393 g/mol. The van der Waals surface area contributed by atoms with E-state index in [1.165, 1.54) is 68.4 Å². The van der Waals surface area contributed by atoms with Crippen molar-refractivity contribution in [3.8, 4) is 11.3 Å². The van der Waals surface area contributed by atoms with Crippen molar-refractivity contribution < 1.29 is 13.2 Å². The summed E-state index contributed by atoms with van der Waals surface area (Å²) in [6, 6.07) is 5.86. The Morgan fingerprint density at radius 3 is 2.76 bits per heavy atom. The number of hydrogen-bond donors (Lipinski definition) is 0. The summed E-state index contributed by atoms with van der Waals surface area (Å²) in [6.07, 6.45) is 6.73. The van der Waals surface area contributed by atoms with Gasteiger partial charge in [-0.2, -0.15) is 13.2 Å². The van der Waals surface area contributed by atoms with Gasteiger partial charge in [-0.1, -0.05) is 37.5 Å². The maximum atomic E-state index is 13.6. The third-order valence-corrected chi connectivity index (χ3v) is 8.58. The number of imidazole rings is 1. The Morgan fingerprint density at radius 2 is 1.90 bits per heavy atom. The molecule has 0 aliphatic heterocycles. The standard InChI is InChI=1S/C23H23F3N2S/c24-23(25,26)18-7-2-1-6-17(18)19-13-29-21-27-20(12-28(19)21)22-9-14-4-3-5-15(10-22)16(8-14)11-22/h1-2,6-7,12-16H,3-5,8-11H2. The van der Waals surface area contributed by atoms with Crippen molar-refractivity contribution in [2.45, 2.75) is 56.5 Å². The molecule has 4 atom stereocenters. The number of hydrogen-bond acceptors (Lipinski definition) is 2. The molecule has 1 aromatic carbocycles. The minimum absolute atomic E-state index is 0.144. The maximum Gasteiger partial charge on any atom is 0.417 e. The summed E-state index contributed by atoms with van der Waals surface area (Å²) < 4.78 is 42.6. The van der Waals surface area contributed by atoms with Crippen LogP contribution in [0.15, 0.2) is 35.8 Å². The molecule has 3 aromatic rings. The molecule has 152 valence electrons. The van der Waals surface area contributed by atoms with E-state index in [0.29, 0.717) is 5.69 Å². The SMILES string of the molecule is FC(F)(F)c1ccccc1-c1csc2nc(C34CC5CCCC(C3)C(C5)C4)cn12. The van der Waals surface area contributed by atoms with Crippen LogP contribution in [-0.4, -0.2) is 9.38 Å². The molecule has 0 amide bonds. The van der Waals surface area contributed by atoms with Gasteiger partial charge in [-0.05, 0) is 49.5 Å². The number of thiazole rings is 1. The Morgan fingerprint density at radius 1 is 1.07 bits per heavy atom. The van der Waals surface area contributed by atoms with Crippen LogP contribution in [0.5, 0.6) is 0 Å². The van der Waals surface area contributed by atoms with Crippen LogP contribution in [0.1, 0.15) is 56.2 Å².